The van der Waals surface area contributed by atoms with Crippen LogP contribution in [-0.2, 0) is 16.5 Å². The van der Waals surface area contributed by atoms with Gasteiger partial charge in [-0.25, -0.2) is 0 Å². The van der Waals surface area contributed by atoms with Crippen LogP contribution in [0.4, 0.5) is 0 Å². The van der Waals surface area contributed by atoms with E-state index >= 15 is 0 Å². The van der Waals surface area contributed by atoms with E-state index < -0.39 is 10.1 Å². The van der Waals surface area contributed by atoms with Gasteiger partial charge in [0.05, 0.1) is 4.90 Å². The van der Waals surface area contributed by atoms with Gasteiger partial charge in [0.2, 0.25) is 0 Å². The SMILES string of the molecule is CCCCCCCCCc1ccc(Oc2cccc(S(=O)(=O)O)c2)c([O-])c1.[K+]. The Bertz CT molecular complexity index is 836. The van der Waals surface area contributed by atoms with Crippen LogP contribution in [0.15, 0.2) is 47.4 Å². The summed E-state index contributed by atoms with van der Waals surface area (Å²) in [7, 11) is -4.31. The second kappa shape index (κ2) is 13.0. The van der Waals surface area contributed by atoms with Crippen molar-refractivity contribution in [3.8, 4) is 17.2 Å². The monoisotopic (exact) mass is 430 g/mol. The molecule has 0 spiro atoms. The predicted molar refractivity (Wildman–Crippen MR) is 104 cm³/mol. The summed E-state index contributed by atoms with van der Waals surface area (Å²) in [6, 6.07) is 10.4. The Labute approximate surface area is 210 Å². The van der Waals surface area contributed by atoms with Gasteiger partial charge in [-0.1, -0.05) is 69.4 Å². The number of unbranched alkanes of at least 4 members (excludes halogenated alkanes) is 6. The summed E-state index contributed by atoms with van der Waals surface area (Å²) in [5, 5.41) is 12.2. The van der Waals surface area contributed by atoms with Crippen LogP contribution in [0.1, 0.15) is 57.4 Å². The molecule has 0 aromatic heterocycles. The Morgan fingerprint density at radius 1 is 0.964 bits per heavy atom. The van der Waals surface area contributed by atoms with Gasteiger partial charge in [0.15, 0.2) is 0 Å². The molecule has 0 fully saturated rings. The zero-order valence-corrected chi connectivity index (χ0v) is 20.6. The van der Waals surface area contributed by atoms with Gasteiger partial charge >= 0.3 is 51.4 Å². The van der Waals surface area contributed by atoms with Gasteiger partial charge in [-0.15, -0.1) is 0 Å². The van der Waals surface area contributed by atoms with Crippen molar-refractivity contribution in [1.82, 2.24) is 0 Å². The molecule has 0 radical (unpaired) electrons. The maximum Gasteiger partial charge on any atom is 1.00 e. The normalized spacial score (nSPS) is 11.1. The minimum absolute atomic E-state index is 0. The van der Waals surface area contributed by atoms with Crippen LogP contribution in [-0.4, -0.2) is 13.0 Å². The van der Waals surface area contributed by atoms with E-state index in [4.69, 9.17) is 9.29 Å². The molecule has 7 heteroatoms. The molecule has 0 aliphatic rings. The first-order valence-corrected chi connectivity index (χ1v) is 10.9. The van der Waals surface area contributed by atoms with Crippen LogP contribution < -0.4 is 61.2 Å². The smallest absolute Gasteiger partial charge is 0.870 e. The molecule has 0 aliphatic carbocycles. The minimum atomic E-state index is -4.31. The van der Waals surface area contributed by atoms with E-state index in [-0.39, 0.29) is 73.5 Å². The maximum atomic E-state index is 12.2. The third-order valence-corrected chi connectivity index (χ3v) is 5.26. The molecule has 2 aromatic rings. The van der Waals surface area contributed by atoms with Crippen molar-refractivity contribution in [3.05, 3.63) is 48.0 Å². The molecular formula is C21H27KO5S. The number of hydrogen-bond acceptors (Lipinski definition) is 4. The molecule has 0 saturated heterocycles. The van der Waals surface area contributed by atoms with E-state index in [1.807, 2.05) is 6.07 Å². The van der Waals surface area contributed by atoms with Crippen LogP contribution in [0, 0.1) is 0 Å². The van der Waals surface area contributed by atoms with E-state index in [0.717, 1.165) is 18.4 Å². The average molecular weight is 431 g/mol. The standard InChI is InChI=1S/C21H28O5S.K/c1-2-3-4-5-6-7-8-10-17-13-14-21(20(22)15-17)26-18-11-9-12-19(16-18)27(23,24)25;/h9,11-16,22H,2-8,10H2,1H3,(H,23,24,25);/q;+1/p-1. The van der Waals surface area contributed by atoms with Crippen molar-refractivity contribution in [2.75, 3.05) is 0 Å². The van der Waals surface area contributed by atoms with Crippen LogP contribution >= 0.6 is 0 Å². The fraction of sp³-hybridized carbons (Fsp3) is 0.429. The zero-order chi connectivity index (χ0) is 19.7. The molecule has 5 nitrogen and oxygen atoms in total. The van der Waals surface area contributed by atoms with Gasteiger partial charge in [-0.3, -0.25) is 4.55 Å². The van der Waals surface area contributed by atoms with Crippen LogP contribution in [0.2, 0.25) is 0 Å². The van der Waals surface area contributed by atoms with Crippen molar-refractivity contribution in [3.63, 3.8) is 0 Å². The molecule has 1 N–H and O–H groups in total. The van der Waals surface area contributed by atoms with Gasteiger partial charge in [-0.05, 0) is 36.6 Å². The van der Waals surface area contributed by atoms with Gasteiger partial charge < -0.3 is 9.84 Å². The molecule has 2 rings (SSSR count). The summed E-state index contributed by atoms with van der Waals surface area (Å²) in [5.41, 5.74) is 0.979. The van der Waals surface area contributed by atoms with Crippen molar-refractivity contribution < 1.29 is 74.2 Å². The van der Waals surface area contributed by atoms with Gasteiger partial charge in [0.1, 0.15) is 11.5 Å². The molecule has 28 heavy (non-hydrogen) atoms. The Hall–Kier alpha value is -0.414. The van der Waals surface area contributed by atoms with Crippen molar-refractivity contribution in [2.45, 2.75) is 63.2 Å². The molecule has 0 amide bonds. The first-order chi connectivity index (χ1) is 12.9. The molecule has 2 aromatic carbocycles. The Morgan fingerprint density at radius 2 is 1.64 bits per heavy atom. The number of ether oxygens (including phenoxy) is 1. The molecule has 0 bridgehead atoms. The van der Waals surface area contributed by atoms with E-state index in [2.05, 4.69) is 6.92 Å². The first-order valence-electron chi connectivity index (χ1n) is 9.45. The van der Waals surface area contributed by atoms with Crippen LogP contribution in [0.25, 0.3) is 0 Å². The van der Waals surface area contributed by atoms with Gasteiger partial charge in [-0.2, -0.15) is 8.42 Å². The summed E-state index contributed by atoms with van der Waals surface area (Å²) in [6.45, 7) is 2.21. The Morgan fingerprint density at radius 3 is 2.29 bits per heavy atom. The van der Waals surface area contributed by atoms with E-state index in [1.165, 1.54) is 62.8 Å². The first kappa shape index (κ1) is 25.6. The third kappa shape index (κ3) is 8.94. The molecule has 0 saturated carbocycles. The average Bonchev–Trinajstić information content (AvgIpc) is 2.63. The molecule has 0 heterocycles. The van der Waals surface area contributed by atoms with Crippen LogP contribution in [0.3, 0.4) is 0 Å². The minimum Gasteiger partial charge on any atom is -0.870 e. The van der Waals surface area contributed by atoms with E-state index in [9.17, 15) is 13.5 Å². The second-order valence-electron chi connectivity index (χ2n) is 6.70. The topological polar surface area (TPSA) is 86.7 Å². The fourth-order valence-electron chi connectivity index (χ4n) is 2.90. The largest absolute Gasteiger partial charge is 1.00 e. The molecule has 0 atom stereocenters. The van der Waals surface area contributed by atoms with Crippen LogP contribution in [0.5, 0.6) is 17.2 Å². The summed E-state index contributed by atoms with van der Waals surface area (Å²) >= 11 is 0. The van der Waals surface area contributed by atoms with Gasteiger partial charge in [0, 0.05) is 6.07 Å². The number of rotatable bonds is 11. The maximum absolute atomic E-state index is 12.2. The van der Waals surface area contributed by atoms with E-state index in [1.54, 1.807) is 12.1 Å². The Balaban J connectivity index is 0.00000392. The second-order valence-corrected chi connectivity index (χ2v) is 8.13. The molecule has 0 aliphatic heterocycles. The van der Waals surface area contributed by atoms with Gasteiger partial charge in [0.25, 0.3) is 10.1 Å². The van der Waals surface area contributed by atoms with Crippen molar-refractivity contribution in [2.24, 2.45) is 0 Å². The number of benzene rings is 2. The molecule has 0 unspecified atom stereocenters. The quantitative estimate of drug-likeness (QED) is 0.335. The Kier molecular flexibility index (Phi) is 11.9. The van der Waals surface area contributed by atoms with E-state index in [0.29, 0.717) is 0 Å². The predicted octanol–water partition coefficient (Wildman–Crippen LogP) is 2.10. The summed E-state index contributed by atoms with van der Waals surface area (Å²) in [6.07, 6.45) is 9.44. The third-order valence-electron chi connectivity index (χ3n) is 4.41. The molecule has 148 valence electrons. The zero-order valence-electron chi connectivity index (χ0n) is 16.7. The summed E-state index contributed by atoms with van der Waals surface area (Å²) in [4.78, 5) is -0.275. The number of hydrogen-bond donors (Lipinski definition) is 1. The molecular weight excluding hydrogens is 403 g/mol. The van der Waals surface area contributed by atoms with Crippen molar-refractivity contribution >= 4 is 10.1 Å². The van der Waals surface area contributed by atoms with Crippen molar-refractivity contribution in [1.29, 1.82) is 0 Å². The fourth-order valence-corrected chi connectivity index (χ4v) is 3.42. The summed E-state index contributed by atoms with van der Waals surface area (Å²) in [5.74, 6) is 0.0700. The number of aryl methyl sites for hydroxylation is 1. The summed E-state index contributed by atoms with van der Waals surface area (Å²) < 4.78 is 37.0.